The lowest BCUT2D eigenvalue weighted by Gasteiger charge is -2.30. The van der Waals surface area contributed by atoms with Gasteiger partial charge in [0.05, 0.1) is 22.3 Å². The second kappa shape index (κ2) is 7.85. The second-order valence-electron chi connectivity index (χ2n) is 8.52. The molecule has 0 amide bonds. The van der Waals surface area contributed by atoms with Crippen LogP contribution in [0.5, 0.6) is 5.75 Å². The van der Waals surface area contributed by atoms with Gasteiger partial charge in [0.2, 0.25) is 0 Å². The third-order valence-corrected chi connectivity index (χ3v) is 5.97. The zero-order valence-corrected chi connectivity index (χ0v) is 17.6. The van der Waals surface area contributed by atoms with Gasteiger partial charge in [0.25, 0.3) is 5.89 Å². The van der Waals surface area contributed by atoms with Crippen molar-refractivity contribution in [3.05, 3.63) is 22.5 Å². The van der Waals surface area contributed by atoms with Crippen LogP contribution in [0.2, 0.25) is 5.02 Å². The van der Waals surface area contributed by atoms with Crippen molar-refractivity contribution in [2.75, 3.05) is 25.4 Å². The first kappa shape index (κ1) is 20.0. The van der Waals surface area contributed by atoms with Gasteiger partial charge in [-0.1, -0.05) is 16.8 Å². The fourth-order valence-corrected chi connectivity index (χ4v) is 4.47. The van der Waals surface area contributed by atoms with Crippen LogP contribution in [0.3, 0.4) is 0 Å². The van der Waals surface area contributed by atoms with Crippen LogP contribution in [-0.4, -0.2) is 40.3 Å². The van der Waals surface area contributed by atoms with E-state index in [1.54, 1.807) is 6.07 Å². The van der Waals surface area contributed by atoms with Crippen molar-refractivity contribution in [2.45, 2.75) is 57.5 Å². The van der Waals surface area contributed by atoms with Gasteiger partial charge in [-0.15, -0.1) is 0 Å². The van der Waals surface area contributed by atoms with E-state index in [9.17, 15) is 0 Å². The van der Waals surface area contributed by atoms with Crippen LogP contribution < -0.4 is 10.5 Å². The van der Waals surface area contributed by atoms with Crippen molar-refractivity contribution in [3.63, 3.8) is 0 Å². The van der Waals surface area contributed by atoms with Crippen LogP contribution >= 0.6 is 11.6 Å². The van der Waals surface area contributed by atoms with E-state index in [1.165, 1.54) is 0 Å². The Balaban J connectivity index is 1.57. The average molecular weight is 416 g/mol. The van der Waals surface area contributed by atoms with E-state index in [1.807, 2.05) is 13.8 Å². The molecule has 1 unspecified atom stereocenters. The van der Waals surface area contributed by atoms with E-state index in [0.29, 0.717) is 46.6 Å². The summed E-state index contributed by atoms with van der Waals surface area (Å²) in [5, 5.41) is 13.5. The zero-order valence-electron chi connectivity index (χ0n) is 16.9. The maximum atomic E-state index is 8.74. The van der Waals surface area contributed by atoms with Crippen molar-refractivity contribution >= 4 is 17.3 Å². The number of hydrogen-bond acceptors (Lipinski definition) is 7. The highest BCUT2D eigenvalue weighted by Gasteiger charge is 2.36. The molecule has 1 saturated heterocycles. The quantitative estimate of drug-likeness (QED) is 0.577. The number of nitrogen functional groups attached to an aromatic ring is 1. The fourth-order valence-electron chi connectivity index (χ4n) is 4.25. The number of halogens is 1. The molecule has 1 fully saturated rings. The minimum atomic E-state index is -0.355. The molecule has 29 heavy (non-hydrogen) atoms. The molecule has 154 valence electrons. The van der Waals surface area contributed by atoms with Crippen molar-refractivity contribution in [3.8, 4) is 23.3 Å². The van der Waals surface area contributed by atoms with Crippen molar-refractivity contribution in [2.24, 2.45) is 0 Å². The number of nitriles is 1. The number of anilines is 1. The number of piperidine rings is 1. The van der Waals surface area contributed by atoms with Crippen molar-refractivity contribution in [1.82, 2.24) is 15.0 Å². The van der Waals surface area contributed by atoms with Gasteiger partial charge in [0.1, 0.15) is 11.4 Å². The highest BCUT2D eigenvalue weighted by molar-refractivity contribution is 6.33. The summed E-state index contributed by atoms with van der Waals surface area (Å²) >= 11 is 6.38. The summed E-state index contributed by atoms with van der Waals surface area (Å²) in [7, 11) is 0. The smallest absolute Gasteiger partial charge is 0.261 e. The Kier molecular flexibility index (Phi) is 5.41. The molecule has 1 aromatic carbocycles. The Hall–Kier alpha value is -2.30. The van der Waals surface area contributed by atoms with E-state index in [0.717, 1.165) is 44.5 Å². The molecule has 0 aliphatic carbocycles. The number of fused-ring (bicyclic) bond motifs is 1. The number of nitrogens with zero attached hydrogens (tertiary/aromatic N) is 4. The minimum Gasteiger partial charge on any atom is -0.486 e. The van der Waals surface area contributed by atoms with Crippen molar-refractivity contribution < 1.29 is 9.26 Å². The molecular formula is C21H26ClN5O2. The maximum absolute atomic E-state index is 8.74. The molecule has 2 aromatic rings. The summed E-state index contributed by atoms with van der Waals surface area (Å²) in [6.45, 7) is 6.91. The van der Waals surface area contributed by atoms with Gasteiger partial charge in [0.15, 0.2) is 5.82 Å². The molecule has 8 heteroatoms. The van der Waals surface area contributed by atoms with Crippen LogP contribution in [-0.2, 0) is 6.42 Å². The summed E-state index contributed by atoms with van der Waals surface area (Å²) in [4.78, 5) is 7.07. The lowest BCUT2D eigenvalue weighted by molar-refractivity contribution is 0.139. The van der Waals surface area contributed by atoms with Crippen molar-refractivity contribution in [1.29, 1.82) is 5.26 Å². The first-order chi connectivity index (χ1) is 13.9. The average Bonchev–Trinajstić information content (AvgIpc) is 3.30. The summed E-state index contributed by atoms with van der Waals surface area (Å²) < 4.78 is 11.8. The summed E-state index contributed by atoms with van der Waals surface area (Å²) in [5.74, 6) is 2.04. The number of rotatable bonds is 5. The van der Waals surface area contributed by atoms with Crippen LogP contribution in [0.1, 0.15) is 56.8 Å². The van der Waals surface area contributed by atoms with E-state index in [4.69, 9.17) is 36.8 Å². The molecule has 0 bridgehead atoms. The Morgan fingerprint density at radius 2 is 2.28 bits per heavy atom. The van der Waals surface area contributed by atoms with Gasteiger partial charge in [-0.25, -0.2) is 0 Å². The Bertz CT molecular complexity index is 949. The number of benzene rings is 1. The predicted molar refractivity (Wildman–Crippen MR) is 111 cm³/mol. The standard InChI is InChI=1S/C21H26ClN5O2/c1-21(2)11-15-17(24)16(22)10-14(18(15)28-21)20-25-19(26-29-20)13-6-5-9-27(12-13)8-4-3-7-23/h10,13H,3-6,8-9,11-12,24H2,1-2H3. The molecule has 1 atom stereocenters. The minimum absolute atomic E-state index is 0.220. The molecule has 4 rings (SSSR count). The number of ether oxygens (including phenoxy) is 1. The van der Waals surface area contributed by atoms with E-state index >= 15 is 0 Å². The third kappa shape index (κ3) is 4.05. The van der Waals surface area contributed by atoms with Crippen LogP contribution in [0.25, 0.3) is 11.5 Å². The monoisotopic (exact) mass is 415 g/mol. The normalized spacial score (nSPS) is 20.8. The molecule has 7 nitrogen and oxygen atoms in total. The predicted octanol–water partition coefficient (Wildman–Crippen LogP) is 4.17. The summed E-state index contributed by atoms with van der Waals surface area (Å²) in [6.07, 6.45) is 4.28. The van der Waals surface area contributed by atoms with E-state index < -0.39 is 0 Å². The molecule has 0 radical (unpaired) electrons. The largest absolute Gasteiger partial charge is 0.486 e. The summed E-state index contributed by atoms with van der Waals surface area (Å²) in [6, 6.07) is 3.96. The first-order valence-corrected chi connectivity index (χ1v) is 10.5. The van der Waals surface area contributed by atoms with E-state index in [-0.39, 0.29) is 11.5 Å². The molecule has 2 aliphatic rings. The number of nitrogens with two attached hydrogens (primary N) is 1. The highest BCUT2D eigenvalue weighted by Crippen LogP contribution is 2.47. The highest BCUT2D eigenvalue weighted by atomic mass is 35.5. The van der Waals surface area contributed by atoms with Gasteiger partial charge in [-0.3, -0.25) is 0 Å². The lowest BCUT2D eigenvalue weighted by Crippen LogP contribution is -2.35. The third-order valence-electron chi connectivity index (χ3n) is 5.66. The number of unbranched alkanes of at least 4 members (excludes halogenated alkanes) is 1. The number of aromatic nitrogens is 2. The first-order valence-electron chi connectivity index (χ1n) is 10.1. The van der Waals surface area contributed by atoms with Gasteiger partial charge < -0.3 is 19.9 Å². The molecule has 0 spiro atoms. The molecule has 2 aliphatic heterocycles. The Labute approximate surface area is 175 Å². The molecular weight excluding hydrogens is 390 g/mol. The second-order valence-corrected chi connectivity index (χ2v) is 8.93. The zero-order chi connectivity index (χ0) is 20.6. The molecule has 1 aromatic heterocycles. The molecule has 0 saturated carbocycles. The topological polar surface area (TPSA) is 101 Å². The van der Waals surface area contributed by atoms with Crippen LogP contribution in [0, 0.1) is 11.3 Å². The fraction of sp³-hybridized carbons (Fsp3) is 0.571. The maximum Gasteiger partial charge on any atom is 0.261 e. The lowest BCUT2D eigenvalue weighted by atomic mass is 9.97. The van der Waals surface area contributed by atoms with Gasteiger partial charge in [-0.05, 0) is 52.3 Å². The number of likely N-dealkylation sites (tertiary alicyclic amines) is 1. The van der Waals surface area contributed by atoms with Crippen LogP contribution in [0.15, 0.2) is 10.6 Å². The van der Waals surface area contributed by atoms with Gasteiger partial charge in [-0.2, -0.15) is 10.2 Å². The summed E-state index contributed by atoms with van der Waals surface area (Å²) in [5.41, 5.74) is 7.98. The van der Waals surface area contributed by atoms with Gasteiger partial charge >= 0.3 is 0 Å². The Morgan fingerprint density at radius 3 is 3.07 bits per heavy atom. The molecule has 2 N–H and O–H groups in total. The van der Waals surface area contributed by atoms with Gasteiger partial charge in [0, 0.05) is 30.9 Å². The number of hydrogen-bond donors (Lipinski definition) is 1. The Morgan fingerprint density at radius 1 is 1.45 bits per heavy atom. The van der Waals surface area contributed by atoms with E-state index in [2.05, 4.69) is 16.1 Å². The SMILES string of the molecule is CC1(C)Cc2c(N)c(Cl)cc(-c3nc(C4CCCN(CCCC#N)C4)no3)c2O1. The molecule has 3 heterocycles. The van der Waals surface area contributed by atoms with Crippen LogP contribution in [0.4, 0.5) is 5.69 Å².